The van der Waals surface area contributed by atoms with Gasteiger partial charge in [0.2, 0.25) is 0 Å². The molecule has 0 radical (unpaired) electrons. The van der Waals surface area contributed by atoms with Gasteiger partial charge < -0.3 is 10.5 Å². The molecule has 0 saturated carbocycles. The summed E-state index contributed by atoms with van der Waals surface area (Å²) in [4.78, 5) is 6.81. The summed E-state index contributed by atoms with van der Waals surface area (Å²) in [6.45, 7) is 3.71. The van der Waals surface area contributed by atoms with Crippen LogP contribution in [0.15, 0.2) is 11.6 Å². The van der Waals surface area contributed by atoms with Crippen LogP contribution in [-0.2, 0) is 4.74 Å². The zero-order valence-electron chi connectivity index (χ0n) is 10.8. The molecule has 1 aliphatic heterocycles. The molecule has 2 heterocycles. The first-order valence-electron chi connectivity index (χ1n) is 6.42. The van der Waals surface area contributed by atoms with E-state index in [0.29, 0.717) is 6.04 Å². The molecular formula is C12H22N4OS. The standard InChI is InChI=1S/C12H22N4OS/c1-17-7-2-4-14-11(12-15-5-8-18-12)16-6-3-10(13)9-16/h5,8,10-11,14H,2-4,6-7,9,13H2,1H3/t10-,11?/m0/s1. The van der Waals surface area contributed by atoms with Gasteiger partial charge in [0.1, 0.15) is 11.2 Å². The van der Waals surface area contributed by atoms with E-state index in [-0.39, 0.29) is 6.17 Å². The first-order chi connectivity index (χ1) is 8.81. The third-order valence-corrected chi connectivity index (χ3v) is 4.00. The van der Waals surface area contributed by atoms with Crippen molar-refractivity contribution in [2.45, 2.75) is 25.0 Å². The molecule has 0 aromatic carbocycles. The van der Waals surface area contributed by atoms with Crippen molar-refractivity contribution in [1.82, 2.24) is 15.2 Å². The Morgan fingerprint density at radius 2 is 2.61 bits per heavy atom. The molecule has 102 valence electrons. The van der Waals surface area contributed by atoms with Crippen LogP contribution in [0.1, 0.15) is 24.0 Å². The summed E-state index contributed by atoms with van der Waals surface area (Å²) in [6.07, 6.45) is 4.15. The van der Waals surface area contributed by atoms with Crippen molar-refractivity contribution in [2.24, 2.45) is 5.73 Å². The van der Waals surface area contributed by atoms with Crippen LogP contribution in [0, 0.1) is 0 Å². The number of rotatable bonds is 7. The van der Waals surface area contributed by atoms with E-state index in [0.717, 1.165) is 44.1 Å². The number of likely N-dealkylation sites (tertiary alicyclic amines) is 1. The lowest BCUT2D eigenvalue weighted by molar-refractivity contribution is 0.174. The van der Waals surface area contributed by atoms with Crippen molar-refractivity contribution in [3.8, 4) is 0 Å². The maximum Gasteiger partial charge on any atom is 0.124 e. The van der Waals surface area contributed by atoms with Crippen molar-refractivity contribution in [1.29, 1.82) is 0 Å². The molecule has 18 heavy (non-hydrogen) atoms. The summed E-state index contributed by atoms with van der Waals surface area (Å²) >= 11 is 1.70. The fourth-order valence-corrected chi connectivity index (χ4v) is 2.99. The summed E-state index contributed by atoms with van der Waals surface area (Å²) in [7, 11) is 1.73. The van der Waals surface area contributed by atoms with Gasteiger partial charge in [0.05, 0.1) is 0 Å². The van der Waals surface area contributed by atoms with Crippen LogP contribution in [0.2, 0.25) is 0 Å². The minimum atomic E-state index is 0.204. The van der Waals surface area contributed by atoms with Crippen LogP contribution in [-0.4, -0.2) is 49.3 Å². The Morgan fingerprint density at radius 3 is 3.22 bits per heavy atom. The van der Waals surface area contributed by atoms with Crippen LogP contribution in [0.5, 0.6) is 0 Å². The van der Waals surface area contributed by atoms with E-state index >= 15 is 0 Å². The van der Waals surface area contributed by atoms with E-state index in [1.807, 2.05) is 11.6 Å². The average Bonchev–Trinajstić information content (AvgIpc) is 3.01. The second-order valence-corrected chi connectivity index (χ2v) is 5.54. The molecule has 2 rings (SSSR count). The molecule has 0 aliphatic carbocycles. The third kappa shape index (κ3) is 3.73. The molecular weight excluding hydrogens is 248 g/mol. The van der Waals surface area contributed by atoms with Crippen molar-refractivity contribution < 1.29 is 4.74 Å². The van der Waals surface area contributed by atoms with E-state index in [2.05, 4.69) is 15.2 Å². The summed E-state index contributed by atoms with van der Waals surface area (Å²) in [5, 5.41) is 6.71. The third-order valence-electron chi connectivity index (χ3n) is 3.17. The van der Waals surface area contributed by atoms with E-state index in [1.54, 1.807) is 18.4 Å². The molecule has 5 nitrogen and oxygen atoms in total. The molecule has 0 bridgehead atoms. The van der Waals surface area contributed by atoms with E-state index < -0.39 is 0 Å². The molecule has 1 aromatic rings. The molecule has 0 spiro atoms. The summed E-state index contributed by atoms with van der Waals surface area (Å²) in [5.74, 6) is 0. The quantitative estimate of drug-likeness (QED) is 0.718. The molecule has 1 saturated heterocycles. The first kappa shape index (κ1) is 13.9. The Kier molecular flexibility index (Phi) is 5.52. The highest BCUT2D eigenvalue weighted by molar-refractivity contribution is 7.09. The molecule has 1 aliphatic rings. The largest absolute Gasteiger partial charge is 0.385 e. The predicted octanol–water partition coefficient (Wildman–Crippen LogP) is 0.801. The number of aromatic nitrogens is 1. The van der Waals surface area contributed by atoms with Crippen molar-refractivity contribution in [3.63, 3.8) is 0 Å². The van der Waals surface area contributed by atoms with E-state index in [4.69, 9.17) is 10.5 Å². The topological polar surface area (TPSA) is 63.4 Å². The number of thiazole rings is 1. The summed E-state index contributed by atoms with van der Waals surface area (Å²) < 4.78 is 5.07. The van der Waals surface area contributed by atoms with Crippen LogP contribution in [0.3, 0.4) is 0 Å². The second kappa shape index (κ2) is 7.16. The molecule has 0 amide bonds. The monoisotopic (exact) mass is 270 g/mol. The van der Waals surface area contributed by atoms with Gasteiger partial charge in [0.15, 0.2) is 0 Å². The normalized spacial score (nSPS) is 22.4. The highest BCUT2D eigenvalue weighted by atomic mass is 32.1. The Balaban J connectivity index is 1.91. The zero-order chi connectivity index (χ0) is 12.8. The average molecular weight is 270 g/mol. The van der Waals surface area contributed by atoms with Gasteiger partial charge in [0.25, 0.3) is 0 Å². The molecule has 2 atom stereocenters. The lowest BCUT2D eigenvalue weighted by Gasteiger charge is -2.27. The number of nitrogens with zero attached hydrogens (tertiary/aromatic N) is 2. The minimum absolute atomic E-state index is 0.204. The lowest BCUT2D eigenvalue weighted by Crippen LogP contribution is -2.39. The van der Waals surface area contributed by atoms with Gasteiger partial charge in [-0.1, -0.05) is 0 Å². The Labute approximate surface area is 112 Å². The van der Waals surface area contributed by atoms with Gasteiger partial charge in [-0.3, -0.25) is 10.2 Å². The van der Waals surface area contributed by atoms with Gasteiger partial charge in [0, 0.05) is 44.4 Å². The first-order valence-corrected chi connectivity index (χ1v) is 7.30. The number of methoxy groups -OCH3 is 1. The van der Waals surface area contributed by atoms with Crippen LogP contribution < -0.4 is 11.1 Å². The highest BCUT2D eigenvalue weighted by Crippen LogP contribution is 2.23. The van der Waals surface area contributed by atoms with Crippen molar-refractivity contribution >= 4 is 11.3 Å². The van der Waals surface area contributed by atoms with E-state index in [9.17, 15) is 0 Å². The lowest BCUT2D eigenvalue weighted by atomic mass is 10.3. The zero-order valence-corrected chi connectivity index (χ0v) is 11.7. The number of nitrogens with one attached hydrogen (secondary N) is 1. The number of ether oxygens (including phenoxy) is 1. The van der Waals surface area contributed by atoms with Gasteiger partial charge in [-0.2, -0.15) is 0 Å². The smallest absolute Gasteiger partial charge is 0.124 e. The fourth-order valence-electron chi connectivity index (χ4n) is 2.25. The second-order valence-electron chi connectivity index (χ2n) is 4.62. The maximum atomic E-state index is 5.99. The summed E-state index contributed by atoms with van der Waals surface area (Å²) in [6, 6.07) is 0.299. The highest BCUT2D eigenvalue weighted by Gasteiger charge is 2.28. The Morgan fingerprint density at radius 1 is 1.72 bits per heavy atom. The van der Waals surface area contributed by atoms with Gasteiger partial charge in [-0.15, -0.1) is 11.3 Å². The SMILES string of the molecule is COCCCNC(c1nccs1)N1CC[C@H](N)C1. The van der Waals surface area contributed by atoms with E-state index in [1.165, 1.54) is 0 Å². The number of hydrogen-bond donors (Lipinski definition) is 2. The molecule has 1 aromatic heterocycles. The van der Waals surface area contributed by atoms with Crippen LogP contribution in [0.4, 0.5) is 0 Å². The predicted molar refractivity (Wildman–Crippen MR) is 73.5 cm³/mol. The Hall–Kier alpha value is -0.530. The minimum Gasteiger partial charge on any atom is -0.385 e. The number of nitrogens with two attached hydrogens (primary N) is 1. The Bertz CT molecular complexity index is 333. The van der Waals surface area contributed by atoms with Gasteiger partial charge in [-0.05, 0) is 19.4 Å². The number of hydrogen-bond acceptors (Lipinski definition) is 6. The fraction of sp³-hybridized carbons (Fsp3) is 0.750. The van der Waals surface area contributed by atoms with Gasteiger partial charge >= 0.3 is 0 Å². The van der Waals surface area contributed by atoms with Crippen molar-refractivity contribution in [2.75, 3.05) is 33.4 Å². The van der Waals surface area contributed by atoms with Gasteiger partial charge in [-0.25, -0.2) is 4.98 Å². The van der Waals surface area contributed by atoms with Crippen molar-refractivity contribution in [3.05, 3.63) is 16.6 Å². The molecule has 3 N–H and O–H groups in total. The molecule has 1 unspecified atom stereocenters. The maximum absolute atomic E-state index is 5.99. The summed E-state index contributed by atoms with van der Waals surface area (Å²) in [5.41, 5.74) is 5.99. The van der Waals surface area contributed by atoms with Crippen LogP contribution in [0.25, 0.3) is 0 Å². The molecule has 6 heteroatoms. The van der Waals surface area contributed by atoms with Crippen LogP contribution >= 0.6 is 11.3 Å². The molecule has 1 fully saturated rings.